The van der Waals surface area contributed by atoms with Crippen LogP contribution in [0.5, 0.6) is 0 Å². The Morgan fingerprint density at radius 1 is 1.27 bits per heavy atom. The number of halogens is 1. The van der Waals surface area contributed by atoms with Crippen molar-refractivity contribution in [3.05, 3.63) is 0 Å². The maximum absolute atomic E-state index is 8.56. The Kier molecular flexibility index (Phi) is 5.01. The van der Waals surface area contributed by atoms with E-state index in [1.54, 1.807) is 0 Å². The van der Waals surface area contributed by atoms with E-state index in [1.165, 1.54) is 0 Å². The molecular weight excluding hydrogens is 168 g/mol. The Bertz CT molecular complexity index is 100. The smallest absolute Gasteiger partial charge is 0.292 e. The van der Waals surface area contributed by atoms with Crippen molar-refractivity contribution in [3.63, 3.8) is 0 Å². The van der Waals surface area contributed by atoms with Crippen LogP contribution in [0, 0.1) is 0 Å². The van der Waals surface area contributed by atoms with Gasteiger partial charge in [-0.05, 0) is 6.42 Å². The summed E-state index contributed by atoms with van der Waals surface area (Å²) in [5, 5.41) is 24.7. The Morgan fingerprint density at radius 2 is 1.82 bits per heavy atom. The van der Waals surface area contributed by atoms with Crippen molar-refractivity contribution in [3.8, 4) is 0 Å². The van der Waals surface area contributed by atoms with Gasteiger partial charge in [-0.25, -0.2) is 0 Å². The summed E-state index contributed by atoms with van der Waals surface area (Å²) >= 11 is 5.44. The number of aliphatic hydroxyl groups is 3. The summed E-state index contributed by atoms with van der Waals surface area (Å²) in [6.45, 7) is 2.04. The van der Waals surface area contributed by atoms with Crippen LogP contribution in [0.15, 0.2) is 0 Å². The zero-order chi connectivity index (χ0) is 8.91. The van der Waals surface area contributed by atoms with Crippen LogP contribution >= 0.6 is 11.6 Å². The second-order valence-corrected chi connectivity index (χ2v) is 3.18. The van der Waals surface area contributed by atoms with Crippen LogP contribution in [-0.4, -0.2) is 26.7 Å². The standard InChI is InChI=1S/C7H15ClO3/c1-2-3-4-5-6(8)7(9,10)11/h6,9-11H,2-5H2,1H3. The molecule has 1 atom stereocenters. The van der Waals surface area contributed by atoms with Crippen molar-refractivity contribution in [2.24, 2.45) is 0 Å². The molecule has 3 nitrogen and oxygen atoms in total. The molecule has 0 heterocycles. The van der Waals surface area contributed by atoms with E-state index in [2.05, 4.69) is 0 Å². The number of hydrogen-bond donors (Lipinski definition) is 3. The monoisotopic (exact) mass is 182 g/mol. The van der Waals surface area contributed by atoms with Gasteiger partial charge in [-0.1, -0.05) is 26.2 Å². The molecule has 0 aliphatic rings. The average Bonchev–Trinajstić information content (AvgIpc) is 1.86. The lowest BCUT2D eigenvalue weighted by Gasteiger charge is -2.19. The van der Waals surface area contributed by atoms with E-state index in [9.17, 15) is 0 Å². The summed E-state index contributed by atoms with van der Waals surface area (Å²) in [5.41, 5.74) is 0. The van der Waals surface area contributed by atoms with Crippen LogP contribution in [0.3, 0.4) is 0 Å². The number of rotatable bonds is 5. The van der Waals surface area contributed by atoms with E-state index < -0.39 is 11.4 Å². The maximum Gasteiger partial charge on any atom is 0.292 e. The zero-order valence-corrected chi connectivity index (χ0v) is 7.38. The van der Waals surface area contributed by atoms with Crippen LogP contribution in [-0.2, 0) is 0 Å². The predicted octanol–water partition coefficient (Wildman–Crippen LogP) is 0.805. The van der Waals surface area contributed by atoms with E-state index in [0.29, 0.717) is 6.42 Å². The second kappa shape index (κ2) is 4.93. The number of hydrogen-bond acceptors (Lipinski definition) is 3. The molecule has 0 spiro atoms. The highest BCUT2D eigenvalue weighted by Crippen LogP contribution is 2.17. The molecule has 0 fully saturated rings. The second-order valence-electron chi connectivity index (χ2n) is 2.65. The first kappa shape index (κ1) is 11.2. The Hall–Kier alpha value is 0.170. The van der Waals surface area contributed by atoms with E-state index in [4.69, 9.17) is 26.9 Å². The van der Waals surface area contributed by atoms with E-state index in [-0.39, 0.29) is 0 Å². The maximum atomic E-state index is 8.56. The zero-order valence-electron chi connectivity index (χ0n) is 6.63. The molecule has 0 aromatic carbocycles. The molecule has 0 bridgehead atoms. The largest absolute Gasteiger partial charge is 0.342 e. The van der Waals surface area contributed by atoms with Gasteiger partial charge in [0.1, 0.15) is 5.38 Å². The molecule has 0 aliphatic carbocycles. The molecule has 11 heavy (non-hydrogen) atoms. The molecular formula is C7H15ClO3. The molecule has 0 aliphatic heterocycles. The summed E-state index contributed by atoms with van der Waals surface area (Å²) < 4.78 is 0. The summed E-state index contributed by atoms with van der Waals surface area (Å²) in [5.74, 6) is -2.73. The third-order valence-corrected chi connectivity index (χ3v) is 1.99. The summed E-state index contributed by atoms with van der Waals surface area (Å²) in [6, 6.07) is 0. The first-order valence-electron chi connectivity index (χ1n) is 3.79. The lowest BCUT2D eigenvalue weighted by atomic mass is 10.1. The van der Waals surface area contributed by atoms with Gasteiger partial charge in [0.2, 0.25) is 0 Å². The van der Waals surface area contributed by atoms with Gasteiger partial charge in [-0.15, -0.1) is 11.6 Å². The minimum Gasteiger partial charge on any atom is -0.342 e. The van der Waals surface area contributed by atoms with E-state index in [1.807, 2.05) is 6.92 Å². The quantitative estimate of drug-likeness (QED) is 0.335. The Morgan fingerprint density at radius 3 is 2.18 bits per heavy atom. The fraction of sp³-hybridized carbons (Fsp3) is 1.00. The van der Waals surface area contributed by atoms with Crippen LogP contribution < -0.4 is 0 Å². The van der Waals surface area contributed by atoms with Crippen LogP contribution in [0.1, 0.15) is 32.6 Å². The fourth-order valence-electron chi connectivity index (χ4n) is 0.767. The van der Waals surface area contributed by atoms with Gasteiger partial charge in [0.25, 0.3) is 5.97 Å². The number of unbranched alkanes of at least 4 members (excludes halogenated alkanes) is 2. The van der Waals surface area contributed by atoms with Crippen molar-refractivity contribution in [1.82, 2.24) is 0 Å². The van der Waals surface area contributed by atoms with Gasteiger partial charge < -0.3 is 15.3 Å². The lowest BCUT2D eigenvalue weighted by Crippen LogP contribution is -2.38. The van der Waals surface area contributed by atoms with E-state index >= 15 is 0 Å². The van der Waals surface area contributed by atoms with Crippen molar-refractivity contribution in [2.45, 2.75) is 44.0 Å². The minimum atomic E-state index is -2.73. The highest BCUT2D eigenvalue weighted by atomic mass is 35.5. The van der Waals surface area contributed by atoms with Gasteiger partial charge in [-0.3, -0.25) is 0 Å². The van der Waals surface area contributed by atoms with Gasteiger partial charge in [0.05, 0.1) is 0 Å². The van der Waals surface area contributed by atoms with Crippen molar-refractivity contribution >= 4 is 11.6 Å². The van der Waals surface area contributed by atoms with Crippen LogP contribution in [0.2, 0.25) is 0 Å². The van der Waals surface area contributed by atoms with Gasteiger partial charge in [0.15, 0.2) is 0 Å². The summed E-state index contributed by atoms with van der Waals surface area (Å²) in [6.07, 6.45) is 3.24. The molecule has 0 saturated heterocycles. The highest BCUT2D eigenvalue weighted by Gasteiger charge is 2.29. The first-order valence-corrected chi connectivity index (χ1v) is 4.23. The fourth-order valence-corrected chi connectivity index (χ4v) is 0.922. The Labute approximate surface area is 71.6 Å². The molecule has 4 heteroatoms. The van der Waals surface area contributed by atoms with E-state index in [0.717, 1.165) is 19.3 Å². The average molecular weight is 183 g/mol. The molecule has 0 amide bonds. The summed E-state index contributed by atoms with van der Waals surface area (Å²) in [4.78, 5) is 0. The lowest BCUT2D eigenvalue weighted by molar-refractivity contribution is -0.311. The van der Waals surface area contributed by atoms with Gasteiger partial charge in [-0.2, -0.15) is 0 Å². The molecule has 0 aromatic heterocycles. The van der Waals surface area contributed by atoms with Crippen molar-refractivity contribution < 1.29 is 15.3 Å². The van der Waals surface area contributed by atoms with Crippen molar-refractivity contribution in [2.75, 3.05) is 0 Å². The predicted molar refractivity (Wildman–Crippen MR) is 43.2 cm³/mol. The van der Waals surface area contributed by atoms with Gasteiger partial charge in [0, 0.05) is 0 Å². The molecule has 68 valence electrons. The Balaban J connectivity index is 3.44. The van der Waals surface area contributed by atoms with Crippen LogP contribution in [0.25, 0.3) is 0 Å². The first-order chi connectivity index (χ1) is 4.98. The third-order valence-electron chi connectivity index (χ3n) is 1.48. The highest BCUT2D eigenvalue weighted by molar-refractivity contribution is 6.21. The molecule has 0 aromatic rings. The van der Waals surface area contributed by atoms with Gasteiger partial charge >= 0.3 is 0 Å². The SMILES string of the molecule is CCCCCC(Cl)C(O)(O)O. The minimum absolute atomic E-state index is 0.416. The topological polar surface area (TPSA) is 60.7 Å². The molecule has 0 rings (SSSR count). The normalized spacial score (nSPS) is 15.0. The molecule has 3 N–H and O–H groups in total. The molecule has 0 saturated carbocycles. The molecule has 0 radical (unpaired) electrons. The molecule has 1 unspecified atom stereocenters. The number of alkyl halides is 1. The van der Waals surface area contributed by atoms with Crippen LogP contribution in [0.4, 0.5) is 0 Å². The summed E-state index contributed by atoms with van der Waals surface area (Å²) in [7, 11) is 0. The van der Waals surface area contributed by atoms with Crippen molar-refractivity contribution in [1.29, 1.82) is 0 Å². The third kappa shape index (κ3) is 5.44.